The third kappa shape index (κ3) is 5.74. The van der Waals surface area contributed by atoms with Crippen LogP contribution in [0.4, 0.5) is 13.2 Å². The van der Waals surface area contributed by atoms with Crippen molar-refractivity contribution >= 4 is 15.6 Å². The molecule has 0 aliphatic rings. The summed E-state index contributed by atoms with van der Waals surface area (Å²) in [5.74, 6) is 3.95. The third-order valence-corrected chi connectivity index (χ3v) is 7.76. The van der Waals surface area contributed by atoms with E-state index >= 15 is 0 Å². The Morgan fingerprint density at radius 1 is 0.946 bits per heavy atom. The number of nitriles is 1. The van der Waals surface area contributed by atoms with E-state index < -0.39 is 27.0 Å². The summed E-state index contributed by atoms with van der Waals surface area (Å²) in [5.41, 5.74) is 0.411. The molecule has 0 fully saturated rings. The molecule has 0 radical (unpaired) electrons. The van der Waals surface area contributed by atoms with Crippen LogP contribution >= 0.6 is 0 Å². The van der Waals surface area contributed by atoms with Gasteiger partial charge in [0.25, 0.3) is 0 Å². The molecule has 0 spiro atoms. The van der Waals surface area contributed by atoms with Gasteiger partial charge in [-0.25, -0.2) is 8.93 Å². The van der Waals surface area contributed by atoms with E-state index in [4.69, 9.17) is 5.26 Å². The fourth-order valence-corrected chi connectivity index (χ4v) is 5.71. The highest BCUT2D eigenvalue weighted by Crippen LogP contribution is 2.38. The third-order valence-electron chi connectivity index (χ3n) is 6.05. The van der Waals surface area contributed by atoms with Crippen molar-refractivity contribution < 1.29 is 17.4 Å². The van der Waals surface area contributed by atoms with Gasteiger partial charge in [0, 0.05) is 17.5 Å². The molecule has 0 saturated carbocycles. The predicted octanol–water partition coefficient (Wildman–Crippen LogP) is 6.05. The number of aryl methyl sites for hydroxylation is 1. The van der Waals surface area contributed by atoms with Crippen LogP contribution in [-0.4, -0.2) is 15.1 Å². The van der Waals surface area contributed by atoms with Gasteiger partial charge < -0.3 is 0 Å². The van der Waals surface area contributed by atoms with E-state index in [1.54, 1.807) is 18.3 Å². The average molecular weight is 520 g/mol. The highest BCUT2D eigenvalue weighted by Gasteiger charge is 2.40. The van der Waals surface area contributed by atoms with Crippen LogP contribution in [0.1, 0.15) is 33.5 Å². The number of nitrogens with one attached hydrogen (secondary N) is 1. The minimum atomic E-state index is -4.58. The lowest BCUT2D eigenvalue weighted by molar-refractivity contribution is -0.137. The summed E-state index contributed by atoms with van der Waals surface area (Å²) in [6, 6.07) is 25.8. The lowest BCUT2D eigenvalue weighted by Gasteiger charge is -2.37. The zero-order valence-electron chi connectivity index (χ0n) is 20.0. The van der Waals surface area contributed by atoms with Crippen molar-refractivity contribution in [1.29, 1.82) is 5.26 Å². The molecule has 1 aromatic heterocycles. The van der Waals surface area contributed by atoms with Gasteiger partial charge in [-0.15, -0.1) is 0 Å². The Morgan fingerprint density at radius 2 is 1.62 bits per heavy atom. The minimum absolute atomic E-state index is 0.147. The fourth-order valence-electron chi connectivity index (χ4n) is 4.16. The molecule has 0 saturated heterocycles. The van der Waals surface area contributed by atoms with Crippen LogP contribution in [0, 0.1) is 18.3 Å². The molecular formula is C29H24F3N3OS. The van der Waals surface area contributed by atoms with Crippen molar-refractivity contribution in [3.8, 4) is 6.07 Å². The van der Waals surface area contributed by atoms with Crippen LogP contribution in [0.2, 0.25) is 0 Å². The van der Waals surface area contributed by atoms with E-state index in [-0.39, 0.29) is 12.0 Å². The summed E-state index contributed by atoms with van der Waals surface area (Å²) in [6.07, 6.45) is -2.81. The quantitative estimate of drug-likeness (QED) is 0.303. The standard InChI is InChI=1S/C29H24F3N3OS/c1-21-11-16-27(34-20-21)28(18-22-7-4-3-5-8-22,24-9-6-10-25(17-24)29(30,31)32)35-37(2,36)26-14-12-23(19-33)13-15-26/h3-17,20H,2,18H2,1H3,(H,35,36). The molecule has 4 nitrogen and oxygen atoms in total. The molecular weight excluding hydrogens is 495 g/mol. The topological polar surface area (TPSA) is 65.8 Å². The van der Waals surface area contributed by atoms with Crippen LogP contribution in [-0.2, 0) is 27.8 Å². The molecule has 1 N–H and O–H groups in total. The molecule has 3 aromatic carbocycles. The molecule has 1 heterocycles. The van der Waals surface area contributed by atoms with Gasteiger partial charge in [0.05, 0.1) is 32.6 Å². The summed E-state index contributed by atoms with van der Waals surface area (Å²) < 4.78 is 58.6. The molecule has 188 valence electrons. The SMILES string of the molecule is C=S(=O)(NC(Cc1ccccc1)(c1cccc(C(F)(F)F)c1)c1ccc(C)cn1)c1ccc(C#N)cc1. The maximum Gasteiger partial charge on any atom is 0.416 e. The van der Waals surface area contributed by atoms with E-state index in [2.05, 4.69) is 15.6 Å². The lowest BCUT2D eigenvalue weighted by Crippen LogP contribution is -2.49. The zero-order chi connectivity index (χ0) is 26.7. The highest BCUT2D eigenvalue weighted by atomic mass is 32.2. The number of alkyl halides is 3. The first kappa shape index (κ1) is 26.1. The Balaban J connectivity index is 1.98. The van der Waals surface area contributed by atoms with Crippen LogP contribution < -0.4 is 4.72 Å². The predicted molar refractivity (Wildman–Crippen MR) is 139 cm³/mol. The van der Waals surface area contributed by atoms with Crippen LogP contribution in [0.15, 0.2) is 102 Å². The second-order valence-corrected chi connectivity index (χ2v) is 10.8. The molecule has 0 bridgehead atoms. The number of pyridine rings is 1. The number of hydrogen-bond acceptors (Lipinski definition) is 3. The van der Waals surface area contributed by atoms with E-state index in [9.17, 15) is 17.4 Å². The summed E-state index contributed by atoms with van der Waals surface area (Å²) in [4.78, 5) is 4.89. The number of hydrogen-bond donors (Lipinski definition) is 1. The van der Waals surface area contributed by atoms with E-state index in [0.29, 0.717) is 16.2 Å². The number of nitrogens with zero attached hydrogens (tertiary/aromatic N) is 2. The summed E-state index contributed by atoms with van der Waals surface area (Å²) in [5, 5.41) is 9.14. The Bertz CT molecular complexity index is 1530. The zero-order valence-corrected chi connectivity index (χ0v) is 20.8. The largest absolute Gasteiger partial charge is 0.416 e. The first-order valence-corrected chi connectivity index (χ1v) is 13.1. The number of benzene rings is 3. The van der Waals surface area contributed by atoms with E-state index in [1.807, 2.05) is 49.4 Å². The van der Waals surface area contributed by atoms with Gasteiger partial charge in [0.1, 0.15) is 5.54 Å². The van der Waals surface area contributed by atoms with Crippen LogP contribution in [0.5, 0.6) is 0 Å². The smallest absolute Gasteiger partial charge is 0.259 e. The van der Waals surface area contributed by atoms with E-state index in [0.717, 1.165) is 23.3 Å². The molecule has 37 heavy (non-hydrogen) atoms. The molecule has 4 aromatic rings. The van der Waals surface area contributed by atoms with Gasteiger partial charge in [0.15, 0.2) is 0 Å². The van der Waals surface area contributed by atoms with Gasteiger partial charge >= 0.3 is 6.18 Å². The molecule has 2 unspecified atom stereocenters. The molecule has 8 heteroatoms. The Kier molecular flexibility index (Phi) is 7.21. The van der Waals surface area contributed by atoms with Crippen molar-refractivity contribution in [2.45, 2.75) is 30.0 Å². The summed E-state index contributed by atoms with van der Waals surface area (Å²) in [6.45, 7) is 1.86. The summed E-state index contributed by atoms with van der Waals surface area (Å²) in [7, 11) is -3.30. The van der Waals surface area contributed by atoms with Gasteiger partial charge in [-0.2, -0.15) is 18.4 Å². The van der Waals surface area contributed by atoms with Gasteiger partial charge in [-0.05, 0) is 71.9 Å². The second kappa shape index (κ2) is 10.2. The fraction of sp³-hybridized carbons (Fsp3) is 0.138. The maximum absolute atomic E-state index is 14.1. The second-order valence-electron chi connectivity index (χ2n) is 8.78. The van der Waals surface area contributed by atoms with Gasteiger partial charge in [0.2, 0.25) is 0 Å². The number of aromatic nitrogens is 1. The van der Waals surface area contributed by atoms with Gasteiger partial charge in [-0.1, -0.05) is 48.5 Å². The maximum atomic E-state index is 14.1. The van der Waals surface area contributed by atoms with Crippen molar-refractivity contribution in [2.24, 2.45) is 0 Å². The van der Waals surface area contributed by atoms with Crippen LogP contribution in [0.25, 0.3) is 0 Å². The molecule has 4 rings (SSSR count). The van der Waals surface area contributed by atoms with Crippen molar-refractivity contribution in [2.75, 3.05) is 0 Å². The van der Waals surface area contributed by atoms with Gasteiger partial charge in [-0.3, -0.25) is 4.98 Å². The average Bonchev–Trinajstić information content (AvgIpc) is 2.89. The number of rotatable bonds is 7. The van der Waals surface area contributed by atoms with E-state index in [1.165, 1.54) is 30.3 Å². The molecule has 0 aliphatic heterocycles. The minimum Gasteiger partial charge on any atom is -0.259 e. The first-order chi connectivity index (χ1) is 17.5. The molecule has 0 aliphatic carbocycles. The van der Waals surface area contributed by atoms with Crippen molar-refractivity contribution in [1.82, 2.24) is 9.71 Å². The Morgan fingerprint density at radius 3 is 2.22 bits per heavy atom. The Hall–Kier alpha value is -3.93. The Labute approximate surface area is 214 Å². The lowest BCUT2D eigenvalue weighted by atomic mass is 9.81. The first-order valence-electron chi connectivity index (χ1n) is 11.3. The van der Waals surface area contributed by atoms with Crippen molar-refractivity contribution in [3.05, 3.63) is 131 Å². The normalized spacial score (nSPS) is 14.8. The monoisotopic (exact) mass is 519 g/mol. The van der Waals surface area contributed by atoms with Crippen molar-refractivity contribution in [3.63, 3.8) is 0 Å². The summed E-state index contributed by atoms with van der Waals surface area (Å²) >= 11 is 0. The number of halogens is 3. The van der Waals surface area contributed by atoms with Crippen LogP contribution in [0.3, 0.4) is 0 Å². The highest BCUT2D eigenvalue weighted by molar-refractivity contribution is 7.98. The molecule has 2 atom stereocenters. The molecule has 0 amide bonds.